The van der Waals surface area contributed by atoms with Gasteiger partial charge in [0.2, 0.25) is 15.9 Å². The van der Waals surface area contributed by atoms with E-state index in [0.29, 0.717) is 26.4 Å². The molecule has 1 unspecified atom stereocenters. The number of non-ortho nitro benzene ring substituents is 2. The first-order valence-electron chi connectivity index (χ1n) is 16.3. The van der Waals surface area contributed by atoms with Crippen LogP contribution in [0.3, 0.4) is 0 Å². The molecular formula is C33H31N7O13S2. The fraction of sp³-hybridized carbons (Fsp3) is 0.303. The lowest BCUT2D eigenvalue weighted by atomic mass is 9.83. The van der Waals surface area contributed by atoms with Crippen molar-refractivity contribution in [2.24, 2.45) is 11.7 Å². The molecule has 1 saturated heterocycles. The van der Waals surface area contributed by atoms with E-state index in [-0.39, 0.29) is 42.4 Å². The third-order valence-electron chi connectivity index (χ3n) is 8.89. The van der Waals surface area contributed by atoms with Crippen LogP contribution in [0.4, 0.5) is 11.4 Å². The van der Waals surface area contributed by atoms with Gasteiger partial charge in [-0.2, -0.15) is 0 Å². The fourth-order valence-corrected chi connectivity index (χ4v) is 8.36. The Labute approximate surface area is 314 Å². The SMILES string of the molecule is C[C@@H](O)[C@H]1C(=O)N2C(C(=O)OCc3ccc([N+](=O)[O-])cc3)=C(c3cn4cnc(C(=O)CNS(=O)(=O)CC(N)C(=O)OCc5ccc([N+](=O)[O-])cc5)c4s3)C[C@H]12. The van der Waals surface area contributed by atoms with E-state index in [1.165, 1.54) is 71.1 Å². The Hall–Kier alpha value is -5.94. The monoisotopic (exact) mass is 797 g/mol. The van der Waals surface area contributed by atoms with Crippen molar-refractivity contribution in [1.29, 1.82) is 0 Å². The minimum Gasteiger partial charge on any atom is -0.460 e. The minimum absolute atomic E-state index is 0.0467. The zero-order valence-electron chi connectivity index (χ0n) is 28.6. The number of aliphatic hydroxyl groups excluding tert-OH is 1. The number of hydrogen-bond acceptors (Lipinski definition) is 16. The summed E-state index contributed by atoms with van der Waals surface area (Å²) in [7, 11) is -4.29. The summed E-state index contributed by atoms with van der Waals surface area (Å²) in [5.41, 5.74) is 6.56. The number of Topliss-reactive ketones (excluding diaryl/α,β-unsaturated/α-hetero) is 1. The molecule has 0 radical (unpaired) electrons. The number of ketones is 1. The minimum atomic E-state index is -4.29. The first kappa shape index (κ1) is 38.8. The third-order valence-corrected chi connectivity index (χ3v) is 11.4. The first-order valence-corrected chi connectivity index (χ1v) is 18.8. The zero-order valence-corrected chi connectivity index (χ0v) is 30.2. The molecule has 4 atom stereocenters. The lowest BCUT2D eigenvalue weighted by Gasteiger charge is -2.44. The number of rotatable bonds is 16. The van der Waals surface area contributed by atoms with Gasteiger partial charge in [-0.15, -0.1) is 11.3 Å². The van der Waals surface area contributed by atoms with Crippen LogP contribution >= 0.6 is 11.3 Å². The van der Waals surface area contributed by atoms with Crippen LogP contribution < -0.4 is 10.5 Å². The van der Waals surface area contributed by atoms with Gasteiger partial charge in [-0.3, -0.25) is 39.0 Å². The molecule has 2 aromatic carbocycles. The number of nitrogens with two attached hydrogens (primary N) is 1. The molecule has 20 nitrogen and oxygen atoms in total. The van der Waals surface area contributed by atoms with Gasteiger partial charge < -0.3 is 25.2 Å². The molecule has 4 aromatic rings. The van der Waals surface area contributed by atoms with Crippen LogP contribution in [0, 0.1) is 26.1 Å². The van der Waals surface area contributed by atoms with E-state index >= 15 is 0 Å². The number of thiazole rings is 1. The Bertz CT molecular complexity index is 2350. The van der Waals surface area contributed by atoms with Gasteiger partial charge in [0.25, 0.3) is 11.4 Å². The van der Waals surface area contributed by atoms with Gasteiger partial charge in [-0.05, 0) is 48.7 Å². The average Bonchev–Trinajstić information content (AvgIpc) is 3.83. The number of imidazole rings is 1. The van der Waals surface area contributed by atoms with Gasteiger partial charge >= 0.3 is 11.9 Å². The van der Waals surface area contributed by atoms with Crippen molar-refractivity contribution in [2.45, 2.75) is 44.7 Å². The van der Waals surface area contributed by atoms with Crippen LogP contribution in [0.2, 0.25) is 0 Å². The van der Waals surface area contributed by atoms with Gasteiger partial charge in [0.1, 0.15) is 41.8 Å². The van der Waals surface area contributed by atoms with Crippen molar-refractivity contribution >= 4 is 66.8 Å². The quantitative estimate of drug-likeness (QED) is 0.0475. The summed E-state index contributed by atoms with van der Waals surface area (Å²) in [5.74, 6) is -4.78. The summed E-state index contributed by atoms with van der Waals surface area (Å²) in [6, 6.07) is 8.39. The van der Waals surface area contributed by atoms with Crippen molar-refractivity contribution in [3.8, 4) is 0 Å². The Morgan fingerprint density at radius 2 is 1.62 bits per heavy atom. The van der Waals surface area contributed by atoms with Gasteiger partial charge in [0, 0.05) is 36.0 Å². The lowest BCUT2D eigenvalue weighted by Crippen LogP contribution is -2.61. The maximum Gasteiger partial charge on any atom is 0.355 e. The molecule has 4 heterocycles. The molecule has 2 aliphatic heterocycles. The highest BCUT2D eigenvalue weighted by molar-refractivity contribution is 7.89. The van der Waals surface area contributed by atoms with Crippen LogP contribution in [0.5, 0.6) is 0 Å². The smallest absolute Gasteiger partial charge is 0.355 e. The number of aromatic nitrogens is 2. The van der Waals surface area contributed by atoms with E-state index in [1.54, 1.807) is 6.20 Å². The number of nitro groups is 2. The third kappa shape index (κ3) is 8.12. The van der Waals surface area contributed by atoms with Crippen LogP contribution in [0.25, 0.3) is 10.4 Å². The standard InChI is InChI=1S/C33H31N7O13S2/c1-17(41)27-24-10-22(29(38(24)30(27)43)33(45)53-14-19-4-8-21(9-5-19)40(48)49)26-12-37-16-35-28(31(37)54-26)25(42)11-36-55(50,51)15-23(34)32(44)52-13-18-2-6-20(7-3-18)39(46)47/h2-9,12,16-17,23-24,27,36,41H,10-11,13-15,34H2,1H3/t17-,23?,24-,27-/m1/s1. The number of β-lactam (4-membered cyclic amide) rings is 1. The number of nitrogens with one attached hydrogen (secondary N) is 1. The number of aliphatic hydroxyl groups is 1. The Morgan fingerprint density at radius 1 is 1.04 bits per heavy atom. The molecule has 0 spiro atoms. The predicted molar refractivity (Wildman–Crippen MR) is 190 cm³/mol. The number of nitro benzene ring substituents is 2. The molecule has 22 heteroatoms. The summed E-state index contributed by atoms with van der Waals surface area (Å²) in [5, 5.41) is 32.0. The number of ether oxygens (including phenoxy) is 2. The molecule has 2 aromatic heterocycles. The van der Waals surface area contributed by atoms with Crippen LogP contribution in [-0.4, -0.2) is 91.8 Å². The van der Waals surface area contributed by atoms with Crippen molar-refractivity contribution in [3.63, 3.8) is 0 Å². The molecule has 288 valence electrons. The number of sulfonamides is 1. The van der Waals surface area contributed by atoms with Crippen molar-refractivity contribution < 1.29 is 52.0 Å². The maximum atomic E-state index is 13.5. The van der Waals surface area contributed by atoms with Crippen molar-refractivity contribution in [1.82, 2.24) is 19.0 Å². The largest absolute Gasteiger partial charge is 0.460 e. The Morgan fingerprint density at radius 3 is 2.18 bits per heavy atom. The van der Waals surface area contributed by atoms with Crippen LogP contribution in [-0.2, 0) is 47.1 Å². The summed E-state index contributed by atoms with van der Waals surface area (Å²) >= 11 is 1.05. The summed E-state index contributed by atoms with van der Waals surface area (Å²) in [6.07, 6.45) is 2.08. The average molecular weight is 798 g/mol. The predicted octanol–water partition coefficient (Wildman–Crippen LogP) is 1.45. The van der Waals surface area contributed by atoms with Gasteiger partial charge in [0.15, 0.2) is 5.78 Å². The summed E-state index contributed by atoms with van der Waals surface area (Å²) in [6.45, 7) is 0.171. The molecule has 55 heavy (non-hydrogen) atoms. The number of amides is 1. The second-order valence-corrected chi connectivity index (χ2v) is 15.5. The molecule has 0 aliphatic carbocycles. The second kappa shape index (κ2) is 15.4. The van der Waals surface area contributed by atoms with Crippen LogP contribution in [0.1, 0.15) is 39.8 Å². The van der Waals surface area contributed by atoms with E-state index in [1.807, 2.05) is 0 Å². The fourth-order valence-electron chi connectivity index (χ4n) is 6.14. The number of benzene rings is 2. The number of hydrogen-bond donors (Lipinski definition) is 3. The maximum absolute atomic E-state index is 13.5. The topological polar surface area (TPSA) is 286 Å². The van der Waals surface area contributed by atoms with E-state index in [4.69, 9.17) is 15.2 Å². The summed E-state index contributed by atoms with van der Waals surface area (Å²) < 4.78 is 39.6. The molecule has 1 fully saturated rings. The number of fused-ring (bicyclic) bond motifs is 2. The molecular weight excluding hydrogens is 767 g/mol. The highest BCUT2D eigenvalue weighted by Gasteiger charge is 2.57. The molecule has 0 saturated carbocycles. The van der Waals surface area contributed by atoms with Crippen molar-refractivity contribution in [3.05, 3.63) is 109 Å². The number of carbonyl (C=O) groups excluding carboxylic acids is 4. The van der Waals surface area contributed by atoms with E-state index < -0.39 is 79.9 Å². The molecule has 4 N–H and O–H groups in total. The number of nitrogens with zero attached hydrogens (tertiary/aromatic N) is 5. The second-order valence-electron chi connectivity index (χ2n) is 12.6. The van der Waals surface area contributed by atoms with E-state index in [9.17, 15) is 52.9 Å². The highest BCUT2D eigenvalue weighted by atomic mass is 32.2. The normalized spacial score (nSPS) is 17.7. The van der Waals surface area contributed by atoms with Gasteiger partial charge in [-0.25, -0.2) is 22.9 Å². The van der Waals surface area contributed by atoms with Crippen molar-refractivity contribution in [2.75, 3.05) is 12.3 Å². The van der Waals surface area contributed by atoms with Gasteiger partial charge in [-0.1, -0.05) is 0 Å². The van der Waals surface area contributed by atoms with Gasteiger partial charge in [0.05, 0.1) is 45.1 Å². The Balaban J connectivity index is 1.12. The van der Waals surface area contributed by atoms with Crippen LogP contribution in [0.15, 0.2) is 66.8 Å². The highest BCUT2D eigenvalue weighted by Crippen LogP contribution is 2.48. The van der Waals surface area contributed by atoms with E-state index in [0.717, 1.165) is 11.3 Å². The number of carbonyl (C=O) groups is 4. The lowest BCUT2D eigenvalue weighted by molar-refractivity contribution is -0.385. The Kier molecular flexibility index (Phi) is 10.9. The number of esters is 2. The molecule has 6 rings (SSSR count). The molecule has 2 aliphatic rings. The molecule has 1 amide bonds. The van der Waals surface area contributed by atoms with E-state index in [2.05, 4.69) is 9.71 Å². The zero-order chi connectivity index (χ0) is 39.8. The molecule has 0 bridgehead atoms. The first-order chi connectivity index (χ1) is 26.0. The summed E-state index contributed by atoms with van der Waals surface area (Å²) in [4.78, 5) is 78.9.